The van der Waals surface area contributed by atoms with Gasteiger partial charge in [-0.05, 0) is 18.2 Å². The SMILES string of the molecule is N#CCn1c(COC(=O)c2cccc[n+]2[O-])nc2ccccc2c1=O. The van der Waals surface area contributed by atoms with Gasteiger partial charge in [0, 0.05) is 12.1 Å². The van der Waals surface area contributed by atoms with Crippen LogP contribution >= 0.6 is 0 Å². The number of carbonyl (C=O) groups is 1. The van der Waals surface area contributed by atoms with Crippen LogP contribution < -0.4 is 10.3 Å². The van der Waals surface area contributed by atoms with Crippen molar-refractivity contribution < 1.29 is 14.3 Å². The third-order valence-electron chi connectivity index (χ3n) is 3.54. The van der Waals surface area contributed by atoms with E-state index in [1.807, 2.05) is 6.07 Å². The van der Waals surface area contributed by atoms with E-state index in [-0.39, 0.29) is 24.7 Å². The Balaban J connectivity index is 1.94. The molecule has 0 unspecified atom stereocenters. The van der Waals surface area contributed by atoms with E-state index in [9.17, 15) is 14.8 Å². The number of esters is 1. The molecular formula is C17H12N4O4. The standard InChI is InChI=1S/C17H12N4O4/c18-8-10-20-15(19-13-6-2-1-5-12(13)16(20)22)11-25-17(23)14-7-3-4-9-21(14)24/h1-7,9H,10-11H2. The Morgan fingerprint density at radius 1 is 1.28 bits per heavy atom. The van der Waals surface area contributed by atoms with Crippen LogP contribution in [0.15, 0.2) is 53.5 Å². The molecule has 124 valence electrons. The molecule has 2 aromatic heterocycles. The lowest BCUT2D eigenvalue weighted by Crippen LogP contribution is -2.34. The van der Waals surface area contributed by atoms with Gasteiger partial charge in [-0.25, -0.2) is 9.78 Å². The number of carbonyl (C=O) groups excluding carboxylic acids is 1. The molecule has 0 saturated heterocycles. The van der Waals surface area contributed by atoms with E-state index in [0.717, 1.165) is 4.57 Å². The number of nitriles is 1. The molecule has 0 fully saturated rings. The van der Waals surface area contributed by atoms with Crippen molar-refractivity contribution in [2.45, 2.75) is 13.2 Å². The lowest BCUT2D eigenvalue weighted by Gasteiger charge is -2.11. The minimum atomic E-state index is -0.846. The van der Waals surface area contributed by atoms with Gasteiger partial charge < -0.3 is 9.94 Å². The molecule has 3 rings (SSSR count). The molecule has 0 aliphatic carbocycles. The summed E-state index contributed by atoms with van der Waals surface area (Å²) in [6.07, 6.45) is 1.18. The number of rotatable bonds is 4. The lowest BCUT2D eigenvalue weighted by molar-refractivity contribution is -0.608. The number of nitrogens with zero attached hydrogens (tertiary/aromatic N) is 4. The Morgan fingerprint density at radius 2 is 2.04 bits per heavy atom. The highest BCUT2D eigenvalue weighted by Gasteiger charge is 2.19. The molecule has 8 nitrogen and oxygen atoms in total. The molecule has 0 saturated carbocycles. The topological polar surface area (TPSA) is 112 Å². The maximum atomic E-state index is 12.5. The number of benzene rings is 1. The van der Waals surface area contributed by atoms with Gasteiger partial charge in [-0.2, -0.15) is 9.99 Å². The van der Waals surface area contributed by atoms with E-state index in [1.54, 1.807) is 24.3 Å². The highest BCUT2D eigenvalue weighted by atomic mass is 16.5. The molecule has 25 heavy (non-hydrogen) atoms. The summed E-state index contributed by atoms with van der Waals surface area (Å²) in [5, 5.41) is 20.9. The first kappa shape index (κ1) is 16.1. The fourth-order valence-corrected chi connectivity index (χ4v) is 2.35. The van der Waals surface area contributed by atoms with E-state index in [1.165, 1.54) is 24.4 Å². The van der Waals surface area contributed by atoms with E-state index < -0.39 is 11.5 Å². The van der Waals surface area contributed by atoms with Crippen LogP contribution in [0.25, 0.3) is 10.9 Å². The largest absolute Gasteiger partial charge is 0.618 e. The van der Waals surface area contributed by atoms with Crippen molar-refractivity contribution in [3.05, 3.63) is 75.7 Å². The average Bonchev–Trinajstić information content (AvgIpc) is 2.63. The Labute approximate surface area is 141 Å². The summed E-state index contributed by atoms with van der Waals surface area (Å²) >= 11 is 0. The fraction of sp³-hybridized carbons (Fsp3) is 0.118. The average molecular weight is 336 g/mol. The van der Waals surface area contributed by atoms with Crippen molar-refractivity contribution >= 4 is 16.9 Å². The summed E-state index contributed by atoms with van der Waals surface area (Å²) in [5.74, 6) is -0.714. The summed E-state index contributed by atoms with van der Waals surface area (Å²) in [7, 11) is 0. The molecule has 0 aliphatic rings. The Morgan fingerprint density at radius 3 is 2.80 bits per heavy atom. The molecule has 0 bridgehead atoms. The molecule has 0 aliphatic heterocycles. The summed E-state index contributed by atoms with van der Waals surface area (Å²) in [4.78, 5) is 28.8. The van der Waals surface area contributed by atoms with Gasteiger partial charge in [-0.1, -0.05) is 12.1 Å². The van der Waals surface area contributed by atoms with E-state index in [2.05, 4.69) is 4.98 Å². The van der Waals surface area contributed by atoms with Crippen molar-refractivity contribution in [2.75, 3.05) is 0 Å². The second-order valence-electron chi connectivity index (χ2n) is 5.08. The maximum Gasteiger partial charge on any atom is 0.405 e. The van der Waals surface area contributed by atoms with Gasteiger partial charge in [0.2, 0.25) is 0 Å². The van der Waals surface area contributed by atoms with Gasteiger partial charge in [-0.3, -0.25) is 9.36 Å². The minimum absolute atomic E-state index is 0.131. The molecule has 8 heteroatoms. The second-order valence-corrected chi connectivity index (χ2v) is 5.08. The molecule has 1 aromatic carbocycles. The smallest absolute Gasteiger partial charge is 0.405 e. The highest BCUT2D eigenvalue weighted by molar-refractivity contribution is 5.85. The molecule has 3 aromatic rings. The first-order valence-corrected chi connectivity index (χ1v) is 7.32. The first-order valence-electron chi connectivity index (χ1n) is 7.32. The number of pyridine rings is 1. The third kappa shape index (κ3) is 3.16. The van der Waals surface area contributed by atoms with Gasteiger partial charge in [0.25, 0.3) is 5.56 Å². The van der Waals surface area contributed by atoms with Crippen LogP contribution in [0.1, 0.15) is 16.3 Å². The summed E-state index contributed by atoms with van der Waals surface area (Å²) < 4.78 is 6.63. The monoisotopic (exact) mass is 336 g/mol. The van der Waals surface area contributed by atoms with Crippen LogP contribution in [0.4, 0.5) is 0 Å². The van der Waals surface area contributed by atoms with Crippen LogP contribution in [0.3, 0.4) is 0 Å². The van der Waals surface area contributed by atoms with Crippen molar-refractivity contribution in [2.24, 2.45) is 0 Å². The van der Waals surface area contributed by atoms with E-state index >= 15 is 0 Å². The molecule has 0 N–H and O–H groups in total. The van der Waals surface area contributed by atoms with Crippen molar-refractivity contribution in [3.8, 4) is 6.07 Å². The Kier molecular flexibility index (Phi) is 4.39. The maximum absolute atomic E-state index is 12.5. The molecular weight excluding hydrogens is 324 g/mol. The van der Waals surface area contributed by atoms with E-state index in [0.29, 0.717) is 15.6 Å². The molecule has 0 spiro atoms. The number of ether oxygens (including phenoxy) is 1. The predicted octanol–water partition coefficient (Wildman–Crippen LogP) is 0.910. The normalized spacial score (nSPS) is 10.4. The second kappa shape index (κ2) is 6.80. The van der Waals surface area contributed by atoms with Crippen molar-refractivity contribution in [1.82, 2.24) is 9.55 Å². The summed E-state index contributed by atoms with van der Waals surface area (Å²) in [5.41, 5.74) is -0.138. The van der Waals surface area contributed by atoms with Gasteiger partial charge in [0.1, 0.15) is 13.2 Å². The van der Waals surface area contributed by atoms with Crippen molar-refractivity contribution in [1.29, 1.82) is 5.26 Å². The number of fused-ring (bicyclic) bond motifs is 1. The number of hydrogen-bond donors (Lipinski definition) is 0. The first-order chi connectivity index (χ1) is 12.1. The number of para-hydroxylation sites is 1. The van der Waals surface area contributed by atoms with Crippen LogP contribution in [0, 0.1) is 16.5 Å². The highest BCUT2D eigenvalue weighted by Crippen LogP contribution is 2.09. The van der Waals surface area contributed by atoms with Gasteiger partial charge in [0.05, 0.1) is 17.0 Å². The zero-order valence-electron chi connectivity index (χ0n) is 13.0. The molecule has 0 atom stereocenters. The van der Waals surface area contributed by atoms with Crippen molar-refractivity contribution in [3.63, 3.8) is 0 Å². The Hall–Kier alpha value is -3.73. The van der Waals surface area contributed by atoms with Crippen LogP contribution in [-0.4, -0.2) is 15.5 Å². The molecule has 2 heterocycles. The molecule has 0 radical (unpaired) electrons. The lowest BCUT2D eigenvalue weighted by atomic mass is 10.2. The van der Waals surface area contributed by atoms with Gasteiger partial charge in [0.15, 0.2) is 12.0 Å². The summed E-state index contributed by atoms with van der Waals surface area (Å²) in [6, 6.07) is 12.9. The van der Waals surface area contributed by atoms with Crippen LogP contribution in [0.2, 0.25) is 0 Å². The predicted molar refractivity (Wildman–Crippen MR) is 86.1 cm³/mol. The zero-order valence-corrected chi connectivity index (χ0v) is 13.0. The zero-order chi connectivity index (χ0) is 17.8. The minimum Gasteiger partial charge on any atom is -0.618 e. The van der Waals surface area contributed by atoms with Crippen LogP contribution in [-0.2, 0) is 17.9 Å². The Bertz CT molecular complexity index is 1050. The van der Waals surface area contributed by atoms with Crippen LogP contribution in [0.5, 0.6) is 0 Å². The molecule has 0 amide bonds. The van der Waals surface area contributed by atoms with Gasteiger partial charge in [-0.15, -0.1) is 0 Å². The van der Waals surface area contributed by atoms with Gasteiger partial charge >= 0.3 is 11.7 Å². The number of aromatic nitrogens is 3. The summed E-state index contributed by atoms with van der Waals surface area (Å²) in [6.45, 7) is -0.564. The van der Waals surface area contributed by atoms with E-state index in [4.69, 9.17) is 10.00 Å². The quantitative estimate of drug-likeness (QED) is 0.398. The number of hydrogen-bond acceptors (Lipinski definition) is 6. The third-order valence-corrected chi connectivity index (χ3v) is 3.54. The fourth-order valence-electron chi connectivity index (χ4n) is 2.35.